The second kappa shape index (κ2) is 4.99. The summed E-state index contributed by atoms with van der Waals surface area (Å²) in [6, 6.07) is 4.03. The van der Waals surface area contributed by atoms with Gasteiger partial charge in [-0.1, -0.05) is 22.9 Å². The molecule has 2 rings (SSSR count). The predicted molar refractivity (Wildman–Crippen MR) is 69.7 cm³/mol. The summed E-state index contributed by atoms with van der Waals surface area (Å²) >= 11 is 7.74. The molecule has 3 nitrogen and oxygen atoms in total. The molecule has 0 unspecified atom stereocenters. The summed E-state index contributed by atoms with van der Waals surface area (Å²) in [6.45, 7) is 3.46. The molecule has 0 bridgehead atoms. The summed E-state index contributed by atoms with van der Waals surface area (Å²) in [7, 11) is 1.68. The molecule has 1 heterocycles. The van der Waals surface area contributed by atoms with Gasteiger partial charge in [-0.2, -0.15) is 0 Å². The van der Waals surface area contributed by atoms with E-state index < -0.39 is 0 Å². The lowest BCUT2D eigenvalue weighted by Crippen LogP contribution is -2.06. The first-order chi connectivity index (χ1) is 7.70. The maximum absolute atomic E-state index is 6.13. The highest BCUT2D eigenvalue weighted by Crippen LogP contribution is 2.31. The fourth-order valence-corrected chi connectivity index (χ4v) is 2.84. The van der Waals surface area contributed by atoms with Crippen LogP contribution in [-0.2, 0) is 4.74 Å². The first kappa shape index (κ1) is 11.6. The molecule has 1 N–H and O–H groups in total. The third-order valence-electron chi connectivity index (χ3n) is 2.18. The Bertz CT molecular complexity index is 498. The van der Waals surface area contributed by atoms with E-state index in [1.165, 1.54) is 0 Å². The zero-order valence-electron chi connectivity index (χ0n) is 9.21. The van der Waals surface area contributed by atoms with Crippen LogP contribution in [0.15, 0.2) is 12.1 Å². The third-order valence-corrected chi connectivity index (χ3v) is 3.42. The zero-order valence-corrected chi connectivity index (χ0v) is 10.8. The number of nitrogens with one attached hydrogen (secondary N) is 1. The van der Waals surface area contributed by atoms with Gasteiger partial charge in [0, 0.05) is 13.7 Å². The van der Waals surface area contributed by atoms with Crippen molar-refractivity contribution in [2.24, 2.45) is 0 Å². The number of ether oxygens (including phenoxy) is 1. The van der Waals surface area contributed by atoms with Crippen molar-refractivity contribution in [3.63, 3.8) is 0 Å². The molecule has 0 spiro atoms. The Kier molecular flexibility index (Phi) is 3.63. The van der Waals surface area contributed by atoms with Crippen LogP contribution in [0, 0.1) is 6.92 Å². The van der Waals surface area contributed by atoms with Crippen molar-refractivity contribution >= 4 is 38.3 Å². The minimum Gasteiger partial charge on any atom is -0.383 e. The van der Waals surface area contributed by atoms with Crippen molar-refractivity contribution < 1.29 is 4.74 Å². The van der Waals surface area contributed by atoms with E-state index in [1.54, 1.807) is 18.4 Å². The normalized spacial score (nSPS) is 10.9. The maximum Gasteiger partial charge on any atom is 0.183 e. The highest BCUT2D eigenvalue weighted by Gasteiger charge is 2.07. The summed E-state index contributed by atoms with van der Waals surface area (Å²) in [5.74, 6) is 0. The molecular formula is C11H13ClN2OS. The number of rotatable bonds is 4. The van der Waals surface area contributed by atoms with E-state index in [0.717, 1.165) is 27.5 Å². The van der Waals surface area contributed by atoms with Gasteiger partial charge in [-0.05, 0) is 24.6 Å². The molecule has 0 atom stereocenters. The highest BCUT2D eigenvalue weighted by molar-refractivity contribution is 7.22. The second-order valence-electron chi connectivity index (χ2n) is 3.53. The number of benzene rings is 1. The molecule has 5 heteroatoms. The Morgan fingerprint density at radius 3 is 3.06 bits per heavy atom. The lowest BCUT2D eigenvalue weighted by molar-refractivity contribution is 0.211. The summed E-state index contributed by atoms with van der Waals surface area (Å²) in [5.41, 5.74) is 2.03. The van der Waals surface area contributed by atoms with E-state index in [4.69, 9.17) is 16.3 Å². The molecule has 0 aliphatic carbocycles. The van der Waals surface area contributed by atoms with Crippen LogP contribution in [0.25, 0.3) is 10.2 Å². The van der Waals surface area contributed by atoms with Crippen molar-refractivity contribution in [1.29, 1.82) is 0 Å². The summed E-state index contributed by atoms with van der Waals surface area (Å²) in [6.07, 6.45) is 0. The van der Waals surface area contributed by atoms with Crippen LogP contribution in [0.2, 0.25) is 5.02 Å². The number of hydrogen-bond acceptors (Lipinski definition) is 4. The average Bonchev–Trinajstić information content (AvgIpc) is 2.61. The second-order valence-corrected chi connectivity index (χ2v) is 4.97. The van der Waals surface area contributed by atoms with Gasteiger partial charge in [0.25, 0.3) is 0 Å². The number of anilines is 1. The molecule has 1 aromatic heterocycles. The molecular weight excluding hydrogens is 244 g/mol. The summed E-state index contributed by atoms with van der Waals surface area (Å²) in [4.78, 5) is 4.45. The lowest BCUT2D eigenvalue weighted by atomic mass is 10.2. The summed E-state index contributed by atoms with van der Waals surface area (Å²) in [5, 5.41) is 4.81. The number of methoxy groups -OCH3 is 1. The Morgan fingerprint density at radius 2 is 2.31 bits per heavy atom. The topological polar surface area (TPSA) is 34.1 Å². The number of hydrogen-bond donors (Lipinski definition) is 1. The monoisotopic (exact) mass is 256 g/mol. The fourth-order valence-electron chi connectivity index (χ4n) is 1.45. The summed E-state index contributed by atoms with van der Waals surface area (Å²) < 4.78 is 6.08. The van der Waals surface area contributed by atoms with Crippen LogP contribution in [0.3, 0.4) is 0 Å². The standard InChI is InChI=1S/C11H13ClN2OS/c1-7-5-8(12)10-9(6-7)16-11(14-10)13-3-4-15-2/h5-6H,3-4H2,1-2H3,(H,13,14). The van der Waals surface area contributed by atoms with E-state index in [9.17, 15) is 0 Å². The van der Waals surface area contributed by atoms with Gasteiger partial charge in [-0.25, -0.2) is 4.98 Å². The van der Waals surface area contributed by atoms with Crippen LogP contribution in [0.4, 0.5) is 5.13 Å². The van der Waals surface area contributed by atoms with Crippen LogP contribution in [0.5, 0.6) is 0 Å². The molecule has 1 aromatic carbocycles. The first-order valence-corrected chi connectivity index (χ1v) is 6.19. The predicted octanol–water partition coefficient (Wildman–Crippen LogP) is 3.32. The number of fused-ring (bicyclic) bond motifs is 1. The van der Waals surface area contributed by atoms with Crippen LogP contribution in [-0.4, -0.2) is 25.2 Å². The zero-order chi connectivity index (χ0) is 11.5. The molecule has 0 saturated carbocycles. The minimum atomic E-state index is 0.669. The minimum absolute atomic E-state index is 0.669. The number of aromatic nitrogens is 1. The Hall–Kier alpha value is -0.840. The first-order valence-electron chi connectivity index (χ1n) is 5.00. The molecule has 0 saturated heterocycles. The number of nitrogens with zero attached hydrogens (tertiary/aromatic N) is 1. The smallest absolute Gasteiger partial charge is 0.183 e. The molecule has 0 aliphatic rings. The molecule has 16 heavy (non-hydrogen) atoms. The Balaban J connectivity index is 2.26. The Morgan fingerprint density at radius 1 is 1.50 bits per heavy atom. The average molecular weight is 257 g/mol. The molecule has 0 fully saturated rings. The van der Waals surface area contributed by atoms with Gasteiger partial charge < -0.3 is 10.1 Å². The number of halogens is 1. The Labute approximate surface area is 103 Å². The van der Waals surface area contributed by atoms with Crippen molar-refractivity contribution in [1.82, 2.24) is 4.98 Å². The van der Waals surface area contributed by atoms with Crippen molar-refractivity contribution in [2.75, 3.05) is 25.6 Å². The van der Waals surface area contributed by atoms with E-state index in [-0.39, 0.29) is 0 Å². The van der Waals surface area contributed by atoms with Gasteiger partial charge in [0.2, 0.25) is 0 Å². The van der Waals surface area contributed by atoms with Gasteiger partial charge >= 0.3 is 0 Å². The largest absolute Gasteiger partial charge is 0.383 e. The third kappa shape index (κ3) is 2.45. The van der Waals surface area contributed by atoms with Crippen LogP contribution < -0.4 is 5.32 Å². The molecule has 86 valence electrons. The van der Waals surface area contributed by atoms with Gasteiger partial charge in [0.05, 0.1) is 16.3 Å². The van der Waals surface area contributed by atoms with E-state index >= 15 is 0 Å². The molecule has 2 aromatic rings. The van der Waals surface area contributed by atoms with Crippen LogP contribution in [0.1, 0.15) is 5.56 Å². The van der Waals surface area contributed by atoms with E-state index in [1.807, 2.05) is 13.0 Å². The SMILES string of the molecule is COCCNc1nc2c(Cl)cc(C)cc2s1. The highest BCUT2D eigenvalue weighted by atomic mass is 35.5. The fraction of sp³-hybridized carbons (Fsp3) is 0.364. The number of thiazole rings is 1. The molecule has 0 amide bonds. The maximum atomic E-state index is 6.13. The van der Waals surface area contributed by atoms with Gasteiger partial charge in [-0.3, -0.25) is 0 Å². The lowest BCUT2D eigenvalue weighted by Gasteiger charge is -1.99. The number of aryl methyl sites for hydroxylation is 1. The van der Waals surface area contributed by atoms with Gasteiger partial charge in [0.15, 0.2) is 5.13 Å². The van der Waals surface area contributed by atoms with Crippen molar-refractivity contribution in [3.8, 4) is 0 Å². The molecule has 0 radical (unpaired) electrons. The van der Waals surface area contributed by atoms with Gasteiger partial charge in [0.1, 0.15) is 5.52 Å². The van der Waals surface area contributed by atoms with Gasteiger partial charge in [-0.15, -0.1) is 0 Å². The molecule has 0 aliphatic heterocycles. The van der Waals surface area contributed by atoms with Crippen molar-refractivity contribution in [3.05, 3.63) is 22.7 Å². The quantitative estimate of drug-likeness (QED) is 0.853. The van der Waals surface area contributed by atoms with E-state index in [0.29, 0.717) is 11.6 Å². The van der Waals surface area contributed by atoms with Crippen LogP contribution >= 0.6 is 22.9 Å². The van der Waals surface area contributed by atoms with E-state index in [2.05, 4.69) is 16.4 Å². The van der Waals surface area contributed by atoms with Crippen molar-refractivity contribution in [2.45, 2.75) is 6.92 Å².